The molecule has 1 heterocycles. The van der Waals surface area contributed by atoms with Gasteiger partial charge in [-0.1, -0.05) is 0 Å². The number of carbonyl (C=O) groups is 2. The van der Waals surface area contributed by atoms with Crippen molar-refractivity contribution in [1.29, 1.82) is 0 Å². The molecule has 6 nitrogen and oxygen atoms in total. The minimum Gasteiger partial charge on any atom is -0.465 e. The van der Waals surface area contributed by atoms with Crippen LogP contribution in [0.15, 0.2) is 0 Å². The molecule has 0 aromatic heterocycles. The van der Waals surface area contributed by atoms with Crippen LogP contribution in [0.25, 0.3) is 0 Å². The number of hydrogen-bond donors (Lipinski definition) is 3. The van der Waals surface area contributed by atoms with Crippen LogP contribution in [0.1, 0.15) is 20.3 Å². The van der Waals surface area contributed by atoms with Crippen molar-refractivity contribution in [3.8, 4) is 0 Å². The minimum atomic E-state index is -1.17. The second kappa shape index (κ2) is 5.16. The largest absolute Gasteiger partial charge is 0.465 e. The molecule has 0 radical (unpaired) electrons. The molecular formula is C10H19N3O3. The Hall–Kier alpha value is -1.30. The number of carbonyl (C=O) groups excluding carboxylic acids is 1. The molecule has 1 aliphatic rings. The highest BCUT2D eigenvalue weighted by Crippen LogP contribution is 2.09. The van der Waals surface area contributed by atoms with Crippen LogP contribution in [0.2, 0.25) is 0 Å². The summed E-state index contributed by atoms with van der Waals surface area (Å²) in [6.07, 6.45) is -0.277. The van der Waals surface area contributed by atoms with E-state index in [2.05, 4.69) is 10.6 Å². The molecule has 1 rings (SSSR count). The van der Waals surface area contributed by atoms with E-state index in [4.69, 9.17) is 5.11 Å². The van der Waals surface area contributed by atoms with Gasteiger partial charge in [0.05, 0.1) is 0 Å². The zero-order valence-corrected chi connectivity index (χ0v) is 9.75. The van der Waals surface area contributed by atoms with Gasteiger partial charge in [-0.2, -0.15) is 0 Å². The van der Waals surface area contributed by atoms with Crippen LogP contribution in [0.5, 0.6) is 0 Å². The Morgan fingerprint density at radius 2 is 2.00 bits per heavy atom. The molecule has 0 aromatic carbocycles. The van der Waals surface area contributed by atoms with Crippen molar-refractivity contribution in [2.45, 2.75) is 25.8 Å². The monoisotopic (exact) mass is 229 g/mol. The fraction of sp³-hybridized carbons (Fsp3) is 0.800. The van der Waals surface area contributed by atoms with E-state index in [9.17, 15) is 9.59 Å². The summed E-state index contributed by atoms with van der Waals surface area (Å²) in [6.45, 7) is 6.13. The van der Waals surface area contributed by atoms with Gasteiger partial charge in [-0.05, 0) is 26.8 Å². The molecule has 3 N–H and O–H groups in total. The first kappa shape index (κ1) is 12.8. The van der Waals surface area contributed by atoms with Crippen LogP contribution in [0.4, 0.5) is 4.79 Å². The van der Waals surface area contributed by atoms with Crippen LogP contribution >= 0.6 is 0 Å². The third-order valence-electron chi connectivity index (χ3n) is 2.58. The van der Waals surface area contributed by atoms with Crippen molar-refractivity contribution in [1.82, 2.24) is 15.5 Å². The molecule has 1 saturated heterocycles. The van der Waals surface area contributed by atoms with E-state index in [1.165, 1.54) is 0 Å². The third kappa shape index (κ3) is 3.37. The van der Waals surface area contributed by atoms with Crippen molar-refractivity contribution in [2.24, 2.45) is 0 Å². The molecule has 1 fully saturated rings. The van der Waals surface area contributed by atoms with Crippen LogP contribution in [-0.2, 0) is 4.79 Å². The molecule has 0 atom stereocenters. The highest BCUT2D eigenvalue weighted by atomic mass is 16.4. The van der Waals surface area contributed by atoms with Crippen LogP contribution in [0, 0.1) is 0 Å². The van der Waals surface area contributed by atoms with Crippen molar-refractivity contribution < 1.29 is 14.7 Å². The Morgan fingerprint density at radius 3 is 2.62 bits per heavy atom. The third-order valence-corrected chi connectivity index (χ3v) is 2.58. The lowest BCUT2D eigenvalue weighted by Crippen LogP contribution is -2.56. The summed E-state index contributed by atoms with van der Waals surface area (Å²) in [5.41, 5.74) is -1.06. The molecule has 0 aliphatic carbocycles. The van der Waals surface area contributed by atoms with E-state index in [0.29, 0.717) is 13.1 Å². The second-order valence-electron chi connectivity index (χ2n) is 4.45. The zero-order chi connectivity index (χ0) is 12.2. The predicted molar refractivity (Wildman–Crippen MR) is 59.3 cm³/mol. The van der Waals surface area contributed by atoms with Gasteiger partial charge in [-0.15, -0.1) is 0 Å². The van der Waals surface area contributed by atoms with Gasteiger partial charge in [0.15, 0.2) is 0 Å². The van der Waals surface area contributed by atoms with Crippen molar-refractivity contribution >= 4 is 12.0 Å². The van der Waals surface area contributed by atoms with Crippen molar-refractivity contribution in [3.05, 3.63) is 0 Å². The van der Waals surface area contributed by atoms with E-state index in [-0.39, 0.29) is 5.91 Å². The zero-order valence-electron chi connectivity index (χ0n) is 9.75. The number of nitrogens with zero attached hydrogens (tertiary/aromatic N) is 1. The predicted octanol–water partition coefficient (Wildman–Crippen LogP) is -0.145. The quantitative estimate of drug-likeness (QED) is 0.615. The Balaban J connectivity index is 2.63. The lowest BCUT2D eigenvalue weighted by Gasteiger charge is -2.30. The summed E-state index contributed by atoms with van der Waals surface area (Å²) < 4.78 is 0. The lowest BCUT2D eigenvalue weighted by atomic mass is 10.0. The highest BCUT2D eigenvalue weighted by molar-refractivity contribution is 5.88. The normalized spacial score (nSPS) is 17.8. The lowest BCUT2D eigenvalue weighted by molar-refractivity contribution is -0.136. The van der Waals surface area contributed by atoms with E-state index in [1.54, 1.807) is 18.7 Å². The molecule has 0 spiro atoms. The van der Waals surface area contributed by atoms with Crippen molar-refractivity contribution in [3.63, 3.8) is 0 Å². The van der Waals surface area contributed by atoms with Gasteiger partial charge >= 0.3 is 6.09 Å². The molecule has 92 valence electrons. The average molecular weight is 229 g/mol. The summed E-state index contributed by atoms with van der Waals surface area (Å²) in [6, 6.07) is 0. The van der Waals surface area contributed by atoms with Crippen molar-refractivity contribution in [2.75, 3.05) is 26.2 Å². The number of nitrogens with one attached hydrogen (secondary N) is 2. The van der Waals surface area contributed by atoms with Crippen LogP contribution in [-0.4, -0.2) is 53.7 Å². The molecule has 0 saturated carbocycles. The van der Waals surface area contributed by atoms with E-state index in [1.807, 2.05) is 0 Å². The van der Waals surface area contributed by atoms with Gasteiger partial charge in [-0.25, -0.2) is 4.79 Å². The fourth-order valence-corrected chi connectivity index (χ4v) is 1.76. The maximum atomic E-state index is 12.1. The maximum absolute atomic E-state index is 12.1. The van der Waals surface area contributed by atoms with E-state index >= 15 is 0 Å². The number of carboxylic acid groups (broad SMARTS) is 1. The molecule has 2 amide bonds. The molecule has 0 aromatic rings. The van der Waals surface area contributed by atoms with E-state index < -0.39 is 11.6 Å². The highest BCUT2D eigenvalue weighted by Gasteiger charge is 2.33. The van der Waals surface area contributed by atoms with Crippen LogP contribution in [0.3, 0.4) is 0 Å². The maximum Gasteiger partial charge on any atom is 0.405 e. The number of amides is 2. The van der Waals surface area contributed by atoms with Gasteiger partial charge in [0.1, 0.15) is 5.54 Å². The van der Waals surface area contributed by atoms with Gasteiger partial charge in [0.2, 0.25) is 5.91 Å². The molecule has 16 heavy (non-hydrogen) atoms. The number of hydrogen-bond acceptors (Lipinski definition) is 3. The molecular weight excluding hydrogens is 210 g/mol. The fourth-order valence-electron chi connectivity index (χ4n) is 1.76. The van der Waals surface area contributed by atoms with Crippen LogP contribution < -0.4 is 10.6 Å². The summed E-state index contributed by atoms with van der Waals surface area (Å²) >= 11 is 0. The first-order valence-electron chi connectivity index (χ1n) is 5.45. The molecule has 6 heteroatoms. The topological polar surface area (TPSA) is 81.7 Å². The number of rotatable bonds is 2. The Labute approximate surface area is 95.0 Å². The minimum absolute atomic E-state index is 0.168. The SMILES string of the molecule is CC(C)(NC(=O)O)C(=O)N1CCCNCC1. The Bertz CT molecular complexity index is 270. The van der Waals surface area contributed by atoms with Gasteiger partial charge in [0, 0.05) is 19.6 Å². The summed E-state index contributed by atoms with van der Waals surface area (Å²) in [4.78, 5) is 24.4. The summed E-state index contributed by atoms with van der Waals surface area (Å²) in [7, 11) is 0. The van der Waals surface area contributed by atoms with E-state index in [0.717, 1.165) is 19.5 Å². The molecule has 0 unspecified atom stereocenters. The summed E-state index contributed by atoms with van der Waals surface area (Å²) in [5.74, 6) is -0.168. The smallest absolute Gasteiger partial charge is 0.405 e. The molecule has 1 aliphatic heterocycles. The average Bonchev–Trinajstić information content (AvgIpc) is 2.42. The Kier molecular flexibility index (Phi) is 4.12. The molecule has 0 bridgehead atoms. The summed E-state index contributed by atoms with van der Waals surface area (Å²) in [5, 5.41) is 14.1. The Morgan fingerprint density at radius 1 is 1.31 bits per heavy atom. The first-order chi connectivity index (χ1) is 7.43. The first-order valence-corrected chi connectivity index (χ1v) is 5.45. The van der Waals surface area contributed by atoms with Gasteiger partial charge in [-0.3, -0.25) is 4.79 Å². The van der Waals surface area contributed by atoms with Gasteiger partial charge < -0.3 is 20.6 Å². The van der Waals surface area contributed by atoms with Gasteiger partial charge in [0.25, 0.3) is 0 Å². The second-order valence-corrected chi connectivity index (χ2v) is 4.45. The standard InChI is InChI=1S/C10H19N3O3/c1-10(2,12-9(15)16)8(14)13-6-3-4-11-5-7-13/h11-12H,3-7H2,1-2H3,(H,15,16).